The van der Waals surface area contributed by atoms with Gasteiger partial charge in [-0.05, 0) is 56.3 Å². The Morgan fingerprint density at radius 2 is 1.96 bits per heavy atom. The average molecular weight is 417 g/mol. The lowest BCUT2D eigenvalue weighted by molar-refractivity contribution is -0.135. The Morgan fingerprint density at radius 3 is 2.73 bits per heavy atom. The van der Waals surface area contributed by atoms with Crippen LogP contribution >= 0.6 is 35.0 Å². The molecule has 0 saturated carbocycles. The minimum Gasteiger partial charge on any atom is -0.482 e. The Labute approximate surface area is 170 Å². The molecule has 1 aromatic carbocycles. The monoisotopic (exact) mass is 416 g/mol. The van der Waals surface area contributed by atoms with Crippen LogP contribution in [0.1, 0.15) is 25.7 Å². The van der Waals surface area contributed by atoms with Gasteiger partial charge in [-0.2, -0.15) is 11.8 Å². The van der Waals surface area contributed by atoms with Crippen LogP contribution in [0.25, 0.3) is 0 Å². The maximum atomic E-state index is 12.9. The normalized spacial score (nSPS) is 22.1. The Morgan fingerprint density at radius 1 is 1.15 bits per heavy atom. The number of thioether (sulfide) groups is 1. The molecule has 2 aliphatic heterocycles. The summed E-state index contributed by atoms with van der Waals surface area (Å²) in [4.78, 5) is 17.4. The molecule has 0 spiro atoms. The molecule has 144 valence electrons. The molecular weight excluding hydrogens is 391 g/mol. The van der Waals surface area contributed by atoms with E-state index >= 15 is 0 Å². The van der Waals surface area contributed by atoms with E-state index in [4.69, 9.17) is 27.9 Å². The molecule has 0 bridgehead atoms. The summed E-state index contributed by atoms with van der Waals surface area (Å²) in [6, 6.07) is 5.32. The maximum absolute atomic E-state index is 12.9. The molecule has 0 aromatic heterocycles. The molecule has 0 aliphatic carbocycles. The molecule has 3 rings (SSSR count). The van der Waals surface area contributed by atoms with Gasteiger partial charge in [-0.15, -0.1) is 0 Å². The van der Waals surface area contributed by atoms with Crippen molar-refractivity contribution in [1.82, 2.24) is 9.80 Å². The van der Waals surface area contributed by atoms with E-state index in [0.29, 0.717) is 15.8 Å². The molecule has 7 heteroatoms. The summed E-state index contributed by atoms with van der Waals surface area (Å²) in [5.74, 6) is 2.66. The number of hydrogen-bond acceptors (Lipinski definition) is 4. The minimum absolute atomic E-state index is 0.0164. The highest BCUT2D eigenvalue weighted by Gasteiger charge is 2.28. The van der Waals surface area contributed by atoms with Gasteiger partial charge in [0.2, 0.25) is 0 Å². The van der Waals surface area contributed by atoms with E-state index in [0.717, 1.165) is 44.1 Å². The zero-order valence-corrected chi connectivity index (χ0v) is 17.3. The first kappa shape index (κ1) is 20.1. The zero-order chi connectivity index (χ0) is 18.4. The van der Waals surface area contributed by atoms with E-state index in [-0.39, 0.29) is 18.6 Å². The van der Waals surface area contributed by atoms with Crippen molar-refractivity contribution in [2.24, 2.45) is 0 Å². The van der Waals surface area contributed by atoms with Gasteiger partial charge >= 0.3 is 0 Å². The van der Waals surface area contributed by atoms with Crippen LogP contribution in [0.2, 0.25) is 10.0 Å². The third-order valence-corrected chi connectivity index (χ3v) is 6.65. The van der Waals surface area contributed by atoms with Crippen molar-refractivity contribution in [1.29, 1.82) is 0 Å². The topological polar surface area (TPSA) is 32.8 Å². The lowest BCUT2D eigenvalue weighted by Crippen LogP contribution is -2.50. The number of nitrogens with zero attached hydrogens (tertiary/aromatic N) is 2. The second-order valence-electron chi connectivity index (χ2n) is 6.89. The first-order chi connectivity index (χ1) is 12.6. The number of halogens is 2. The molecule has 1 atom stereocenters. The van der Waals surface area contributed by atoms with Gasteiger partial charge in [-0.1, -0.05) is 29.6 Å². The van der Waals surface area contributed by atoms with E-state index in [9.17, 15) is 4.79 Å². The maximum Gasteiger partial charge on any atom is 0.260 e. The van der Waals surface area contributed by atoms with E-state index < -0.39 is 0 Å². The van der Waals surface area contributed by atoms with Crippen LogP contribution in [-0.4, -0.2) is 66.0 Å². The van der Waals surface area contributed by atoms with Gasteiger partial charge in [0.1, 0.15) is 5.75 Å². The van der Waals surface area contributed by atoms with Crippen molar-refractivity contribution in [3.05, 3.63) is 28.2 Å². The quantitative estimate of drug-likeness (QED) is 0.719. The lowest BCUT2D eigenvalue weighted by Gasteiger charge is -2.35. The van der Waals surface area contributed by atoms with Gasteiger partial charge in [0, 0.05) is 23.9 Å². The highest BCUT2D eigenvalue weighted by molar-refractivity contribution is 7.99. The van der Waals surface area contributed by atoms with E-state index in [1.54, 1.807) is 18.2 Å². The predicted octanol–water partition coefficient (Wildman–Crippen LogP) is 4.19. The summed E-state index contributed by atoms with van der Waals surface area (Å²) in [7, 11) is 0. The number of amides is 1. The van der Waals surface area contributed by atoms with Crippen LogP contribution in [0.15, 0.2) is 18.2 Å². The van der Waals surface area contributed by atoms with Crippen LogP contribution in [0.5, 0.6) is 5.75 Å². The van der Waals surface area contributed by atoms with Crippen LogP contribution < -0.4 is 4.74 Å². The molecule has 2 heterocycles. The van der Waals surface area contributed by atoms with Crippen molar-refractivity contribution < 1.29 is 9.53 Å². The minimum atomic E-state index is 0.0164. The standard InChI is InChI=1S/C19H26Cl2N2O2S/c20-15-5-6-18(17(21)11-15)25-13-19(24)23-9-4-10-26-14-16(23)12-22-7-2-1-3-8-22/h5-6,11,16H,1-4,7-10,12-14H2. The molecule has 4 nitrogen and oxygen atoms in total. The van der Waals surface area contributed by atoms with Crippen molar-refractivity contribution in [3.8, 4) is 5.75 Å². The Kier molecular flexibility index (Phi) is 7.79. The number of ether oxygens (including phenoxy) is 1. The van der Waals surface area contributed by atoms with Crippen molar-refractivity contribution in [2.75, 3.05) is 44.3 Å². The fraction of sp³-hybridized carbons (Fsp3) is 0.632. The molecule has 2 aliphatic rings. The second-order valence-corrected chi connectivity index (χ2v) is 8.89. The first-order valence-corrected chi connectivity index (χ1v) is 11.2. The summed E-state index contributed by atoms with van der Waals surface area (Å²) in [6.07, 6.45) is 4.90. The summed E-state index contributed by atoms with van der Waals surface area (Å²) in [6.45, 7) is 4.10. The van der Waals surface area contributed by atoms with Crippen molar-refractivity contribution in [2.45, 2.75) is 31.7 Å². The molecular formula is C19H26Cl2N2O2S. The highest BCUT2D eigenvalue weighted by atomic mass is 35.5. The number of rotatable bonds is 5. The largest absolute Gasteiger partial charge is 0.482 e. The lowest BCUT2D eigenvalue weighted by atomic mass is 10.1. The highest BCUT2D eigenvalue weighted by Crippen LogP contribution is 2.27. The third kappa shape index (κ3) is 5.69. The smallest absolute Gasteiger partial charge is 0.260 e. The number of carbonyl (C=O) groups excluding carboxylic acids is 1. The number of hydrogen-bond donors (Lipinski definition) is 0. The van der Waals surface area contributed by atoms with Crippen LogP contribution in [0.4, 0.5) is 0 Å². The molecule has 0 N–H and O–H groups in total. The van der Waals surface area contributed by atoms with E-state index in [1.165, 1.54) is 19.3 Å². The molecule has 2 fully saturated rings. The fourth-order valence-corrected chi connectivity index (χ4v) is 5.08. The van der Waals surface area contributed by atoms with Crippen LogP contribution in [0.3, 0.4) is 0 Å². The summed E-state index contributed by atoms with van der Waals surface area (Å²) in [5, 5.41) is 0.987. The van der Waals surface area contributed by atoms with Gasteiger partial charge in [0.25, 0.3) is 5.91 Å². The van der Waals surface area contributed by atoms with Crippen molar-refractivity contribution in [3.63, 3.8) is 0 Å². The molecule has 1 aromatic rings. The average Bonchev–Trinajstić information content (AvgIpc) is 2.87. The summed E-state index contributed by atoms with van der Waals surface area (Å²) < 4.78 is 5.68. The summed E-state index contributed by atoms with van der Waals surface area (Å²) in [5.41, 5.74) is 0. The molecule has 26 heavy (non-hydrogen) atoms. The Hall–Kier alpha value is -0.620. The Bertz CT molecular complexity index is 611. The van der Waals surface area contributed by atoms with Gasteiger partial charge in [0.05, 0.1) is 11.1 Å². The zero-order valence-electron chi connectivity index (χ0n) is 15.0. The molecule has 1 unspecified atom stereocenters. The first-order valence-electron chi connectivity index (χ1n) is 9.31. The fourth-order valence-electron chi connectivity index (χ4n) is 3.56. The van der Waals surface area contributed by atoms with Crippen molar-refractivity contribution >= 4 is 40.9 Å². The van der Waals surface area contributed by atoms with Gasteiger partial charge in [0.15, 0.2) is 6.61 Å². The van der Waals surface area contributed by atoms with Gasteiger partial charge in [-0.25, -0.2) is 0 Å². The SMILES string of the molecule is O=C(COc1ccc(Cl)cc1Cl)N1CCCSCC1CN1CCCCC1. The second kappa shape index (κ2) is 10.1. The number of likely N-dealkylation sites (tertiary alicyclic amines) is 1. The number of benzene rings is 1. The van der Waals surface area contributed by atoms with E-state index in [1.807, 2.05) is 16.7 Å². The van der Waals surface area contributed by atoms with Crippen LogP contribution in [-0.2, 0) is 4.79 Å². The van der Waals surface area contributed by atoms with E-state index in [2.05, 4.69) is 4.90 Å². The number of carbonyl (C=O) groups is 1. The Balaban J connectivity index is 1.60. The predicted molar refractivity (Wildman–Crippen MR) is 110 cm³/mol. The third-order valence-electron chi connectivity index (χ3n) is 4.92. The summed E-state index contributed by atoms with van der Waals surface area (Å²) >= 11 is 14.0. The number of piperidine rings is 1. The van der Waals surface area contributed by atoms with Crippen LogP contribution in [0, 0.1) is 0 Å². The molecule has 0 radical (unpaired) electrons. The molecule has 1 amide bonds. The van der Waals surface area contributed by atoms with Gasteiger partial charge in [-0.3, -0.25) is 4.79 Å². The molecule has 2 saturated heterocycles. The van der Waals surface area contributed by atoms with Gasteiger partial charge < -0.3 is 14.5 Å².